The molecule has 0 radical (unpaired) electrons. The van der Waals surface area contributed by atoms with Crippen molar-refractivity contribution in [1.82, 2.24) is 19.2 Å². The summed E-state index contributed by atoms with van der Waals surface area (Å²) in [4.78, 5) is 29.2. The van der Waals surface area contributed by atoms with E-state index in [1.54, 1.807) is 18.2 Å². The second-order valence-electron chi connectivity index (χ2n) is 7.21. The van der Waals surface area contributed by atoms with Gasteiger partial charge >= 0.3 is 5.69 Å². The lowest BCUT2D eigenvalue weighted by atomic mass is 10.1. The Hall–Kier alpha value is -3.02. The van der Waals surface area contributed by atoms with Crippen molar-refractivity contribution in [2.24, 2.45) is 0 Å². The number of nitrogens with one attached hydrogen (secondary N) is 2. The van der Waals surface area contributed by atoms with Crippen LogP contribution in [0.15, 0.2) is 52.2 Å². The Balaban J connectivity index is 1.36. The van der Waals surface area contributed by atoms with Crippen LogP contribution in [0.25, 0.3) is 11.0 Å². The summed E-state index contributed by atoms with van der Waals surface area (Å²) in [5.74, 6) is 0. The highest BCUT2D eigenvalue weighted by atomic mass is 32.2. The topological polar surface area (TPSA) is 132 Å². The van der Waals surface area contributed by atoms with E-state index >= 15 is 0 Å². The first kappa shape index (κ1) is 20.3. The first-order valence-corrected chi connectivity index (χ1v) is 10.9. The summed E-state index contributed by atoms with van der Waals surface area (Å²) in [6.45, 7) is 2.72. The number of rotatable bonds is 6. The number of non-ortho nitro benzene ring substituents is 1. The summed E-state index contributed by atoms with van der Waals surface area (Å²) < 4.78 is 27.4. The lowest BCUT2D eigenvalue weighted by Gasteiger charge is -2.34. The van der Waals surface area contributed by atoms with E-state index in [1.165, 1.54) is 28.6 Å². The van der Waals surface area contributed by atoms with Crippen LogP contribution < -0.4 is 5.69 Å². The van der Waals surface area contributed by atoms with E-state index in [1.807, 2.05) is 0 Å². The molecule has 1 aromatic heterocycles. The summed E-state index contributed by atoms with van der Waals surface area (Å²) in [6.07, 6.45) is 0.738. The van der Waals surface area contributed by atoms with Gasteiger partial charge in [0.05, 0.1) is 20.9 Å². The lowest BCUT2D eigenvalue weighted by Crippen LogP contribution is -2.48. The molecule has 10 nitrogen and oxygen atoms in total. The average molecular weight is 431 g/mol. The van der Waals surface area contributed by atoms with Gasteiger partial charge in [0.15, 0.2) is 0 Å². The van der Waals surface area contributed by atoms with Crippen LogP contribution in [-0.2, 0) is 16.4 Å². The Labute approximate surface area is 172 Å². The van der Waals surface area contributed by atoms with Gasteiger partial charge < -0.3 is 14.9 Å². The van der Waals surface area contributed by atoms with Crippen molar-refractivity contribution >= 4 is 26.7 Å². The Morgan fingerprint density at radius 1 is 0.967 bits per heavy atom. The number of nitrogens with zero attached hydrogens (tertiary/aromatic N) is 3. The van der Waals surface area contributed by atoms with Crippen LogP contribution in [0.1, 0.15) is 5.56 Å². The number of H-pyrrole nitrogens is 2. The molecule has 2 heterocycles. The molecule has 3 aromatic rings. The third-order valence-electron chi connectivity index (χ3n) is 5.32. The highest BCUT2D eigenvalue weighted by Gasteiger charge is 2.28. The lowest BCUT2D eigenvalue weighted by molar-refractivity contribution is -0.384. The van der Waals surface area contributed by atoms with Crippen LogP contribution in [0, 0.1) is 10.1 Å². The van der Waals surface area contributed by atoms with Crippen LogP contribution in [0.4, 0.5) is 5.69 Å². The Morgan fingerprint density at radius 2 is 1.63 bits per heavy atom. The van der Waals surface area contributed by atoms with Gasteiger partial charge in [0.2, 0.25) is 10.0 Å². The number of hydrogen-bond donors (Lipinski definition) is 2. The number of nitro groups is 1. The van der Waals surface area contributed by atoms with Gasteiger partial charge in [0, 0.05) is 44.9 Å². The van der Waals surface area contributed by atoms with Gasteiger partial charge in [-0.1, -0.05) is 12.1 Å². The van der Waals surface area contributed by atoms with Gasteiger partial charge in [0.25, 0.3) is 5.69 Å². The summed E-state index contributed by atoms with van der Waals surface area (Å²) >= 11 is 0. The van der Waals surface area contributed by atoms with E-state index in [2.05, 4.69) is 14.9 Å². The predicted octanol–water partition coefficient (Wildman–Crippen LogP) is 1.31. The van der Waals surface area contributed by atoms with Crippen molar-refractivity contribution in [1.29, 1.82) is 0 Å². The third kappa shape index (κ3) is 4.13. The quantitative estimate of drug-likeness (QED) is 0.447. The van der Waals surface area contributed by atoms with E-state index in [0.717, 1.165) is 18.5 Å². The van der Waals surface area contributed by atoms with Crippen LogP contribution in [0.5, 0.6) is 0 Å². The molecule has 30 heavy (non-hydrogen) atoms. The Bertz CT molecular complexity index is 1220. The maximum absolute atomic E-state index is 13.0. The normalized spacial score (nSPS) is 16.1. The molecule has 0 atom stereocenters. The molecule has 0 amide bonds. The third-order valence-corrected chi connectivity index (χ3v) is 7.21. The molecule has 0 aliphatic carbocycles. The zero-order valence-corrected chi connectivity index (χ0v) is 16.9. The molecule has 0 bridgehead atoms. The molecule has 158 valence electrons. The van der Waals surface area contributed by atoms with Crippen molar-refractivity contribution in [3.8, 4) is 0 Å². The molecule has 1 fully saturated rings. The fourth-order valence-corrected chi connectivity index (χ4v) is 5.04. The van der Waals surface area contributed by atoms with Crippen molar-refractivity contribution in [2.75, 3.05) is 32.7 Å². The molecular formula is C19H21N5O5S. The van der Waals surface area contributed by atoms with Gasteiger partial charge in [-0.05, 0) is 30.2 Å². The molecule has 2 aromatic carbocycles. The number of imidazole rings is 1. The minimum Gasteiger partial charge on any atom is -0.306 e. The number of aromatic amines is 2. The molecule has 0 spiro atoms. The predicted molar refractivity (Wildman–Crippen MR) is 111 cm³/mol. The number of hydrogen-bond acceptors (Lipinski definition) is 6. The summed E-state index contributed by atoms with van der Waals surface area (Å²) in [5, 5.41) is 10.7. The molecule has 4 rings (SSSR count). The van der Waals surface area contributed by atoms with Gasteiger partial charge in [-0.15, -0.1) is 0 Å². The fraction of sp³-hybridized carbons (Fsp3) is 0.316. The number of fused-ring (bicyclic) bond motifs is 1. The van der Waals surface area contributed by atoms with Gasteiger partial charge in [0.1, 0.15) is 0 Å². The number of aromatic nitrogens is 2. The minimum absolute atomic E-state index is 0.0690. The zero-order chi connectivity index (χ0) is 21.3. The molecule has 0 saturated carbocycles. The molecular weight excluding hydrogens is 410 g/mol. The van der Waals surface area contributed by atoms with Crippen LogP contribution in [-0.4, -0.2) is 65.2 Å². The summed E-state index contributed by atoms with van der Waals surface area (Å²) in [5.41, 5.74) is 1.72. The minimum atomic E-state index is -3.64. The molecule has 1 aliphatic heterocycles. The van der Waals surface area contributed by atoms with Gasteiger partial charge in [-0.3, -0.25) is 10.1 Å². The SMILES string of the molecule is O=c1[nH]c2ccc(S(=O)(=O)N3CCN(CCc4ccc([N+](=O)[O-])cc4)CC3)cc2[nH]1. The van der Waals surface area contributed by atoms with Crippen LogP contribution in [0.2, 0.25) is 0 Å². The Morgan fingerprint density at radius 3 is 2.30 bits per heavy atom. The first-order valence-electron chi connectivity index (χ1n) is 9.51. The zero-order valence-electron chi connectivity index (χ0n) is 16.1. The number of piperazine rings is 1. The second-order valence-corrected chi connectivity index (χ2v) is 9.14. The van der Waals surface area contributed by atoms with Gasteiger partial charge in [-0.2, -0.15) is 4.31 Å². The fourth-order valence-electron chi connectivity index (χ4n) is 3.59. The maximum Gasteiger partial charge on any atom is 0.323 e. The van der Waals surface area contributed by atoms with E-state index in [9.17, 15) is 23.3 Å². The smallest absolute Gasteiger partial charge is 0.306 e. The molecule has 0 unspecified atom stereocenters. The van der Waals surface area contributed by atoms with E-state index in [-0.39, 0.29) is 16.3 Å². The monoisotopic (exact) mass is 431 g/mol. The van der Waals surface area contributed by atoms with Crippen molar-refractivity contribution in [3.63, 3.8) is 0 Å². The largest absolute Gasteiger partial charge is 0.323 e. The number of nitro benzene ring substituents is 1. The number of benzene rings is 2. The maximum atomic E-state index is 13.0. The van der Waals surface area contributed by atoms with Crippen molar-refractivity contribution in [2.45, 2.75) is 11.3 Å². The molecule has 1 saturated heterocycles. The van der Waals surface area contributed by atoms with Crippen molar-refractivity contribution < 1.29 is 13.3 Å². The van der Waals surface area contributed by atoms with Crippen LogP contribution >= 0.6 is 0 Å². The highest BCUT2D eigenvalue weighted by molar-refractivity contribution is 7.89. The van der Waals surface area contributed by atoms with Crippen molar-refractivity contribution in [3.05, 3.63) is 68.6 Å². The average Bonchev–Trinajstić information content (AvgIpc) is 3.12. The van der Waals surface area contributed by atoms with Gasteiger partial charge in [-0.25, -0.2) is 13.2 Å². The molecule has 11 heteroatoms. The standard InChI is InChI=1S/C19H21N5O5S/c25-19-20-17-6-5-16(13-18(17)21-19)30(28,29)23-11-9-22(10-12-23)8-7-14-1-3-15(4-2-14)24(26)27/h1-6,13H,7-12H2,(H2,20,21,25). The van der Waals surface area contributed by atoms with E-state index in [4.69, 9.17) is 0 Å². The number of sulfonamides is 1. The summed E-state index contributed by atoms with van der Waals surface area (Å²) in [6, 6.07) is 11.1. The highest BCUT2D eigenvalue weighted by Crippen LogP contribution is 2.21. The molecule has 1 aliphatic rings. The summed E-state index contributed by atoms with van der Waals surface area (Å²) in [7, 11) is -3.64. The molecule has 2 N–H and O–H groups in total. The van der Waals surface area contributed by atoms with E-state index < -0.39 is 14.9 Å². The van der Waals surface area contributed by atoms with E-state index in [0.29, 0.717) is 37.2 Å². The van der Waals surface area contributed by atoms with Crippen LogP contribution in [0.3, 0.4) is 0 Å². The second kappa shape index (κ2) is 8.01. The Kier molecular flexibility index (Phi) is 5.41. The first-order chi connectivity index (χ1) is 14.3.